The molecule has 0 fully saturated rings. The highest BCUT2D eigenvalue weighted by Gasteiger charge is 2.18. The summed E-state index contributed by atoms with van der Waals surface area (Å²) in [6.07, 6.45) is 2.89. The average Bonchev–Trinajstić information content (AvgIpc) is 2.49. The van der Waals surface area contributed by atoms with Crippen LogP contribution in [0.1, 0.15) is 16.9 Å². The van der Waals surface area contributed by atoms with Crippen molar-refractivity contribution in [2.24, 2.45) is 0 Å². The molecular weight excluding hydrogens is 276 g/mol. The Morgan fingerprint density at radius 3 is 2.60 bits per heavy atom. The molecule has 5 nitrogen and oxygen atoms in total. The number of amides is 1. The molecule has 2 rings (SSSR count). The molecule has 1 aromatic carbocycles. The molecule has 6 heteroatoms. The summed E-state index contributed by atoms with van der Waals surface area (Å²) in [5.74, 6) is -0.310. The molecule has 0 saturated heterocycles. The van der Waals surface area contributed by atoms with Crippen molar-refractivity contribution in [1.82, 2.24) is 9.97 Å². The van der Waals surface area contributed by atoms with E-state index in [2.05, 4.69) is 9.97 Å². The van der Waals surface area contributed by atoms with Crippen molar-refractivity contribution in [3.8, 4) is 6.07 Å². The van der Waals surface area contributed by atoms with Crippen molar-refractivity contribution in [3.63, 3.8) is 0 Å². The minimum Gasteiger partial charge on any atom is -0.306 e. The topological polar surface area (TPSA) is 69.9 Å². The number of benzene rings is 1. The predicted molar refractivity (Wildman–Crippen MR) is 75.4 cm³/mol. The van der Waals surface area contributed by atoms with E-state index in [1.165, 1.54) is 17.3 Å². The molecule has 0 radical (unpaired) electrons. The molecular formula is C14H11ClN4O. The van der Waals surface area contributed by atoms with E-state index >= 15 is 0 Å². The highest BCUT2D eigenvalue weighted by molar-refractivity contribution is 6.29. The van der Waals surface area contributed by atoms with Crippen molar-refractivity contribution in [2.75, 3.05) is 11.4 Å². The number of halogens is 1. The van der Waals surface area contributed by atoms with Crippen LogP contribution in [-0.4, -0.2) is 22.4 Å². The zero-order valence-corrected chi connectivity index (χ0v) is 11.3. The second kappa shape index (κ2) is 6.64. The van der Waals surface area contributed by atoms with E-state index in [0.717, 1.165) is 0 Å². The third-order valence-corrected chi connectivity index (χ3v) is 2.79. The maximum absolute atomic E-state index is 12.4. The Hall–Kier alpha value is -2.45. The molecule has 0 spiro atoms. The van der Waals surface area contributed by atoms with Gasteiger partial charge in [0.15, 0.2) is 0 Å². The summed E-state index contributed by atoms with van der Waals surface area (Å²) >= 11 is 5.65. The molecule has 100 valence electrons. The van der Waals surface area contributed by atoms with Gasteiger partial charge >= 0.3 is 0 Å². The third kappa shape index (κ3) is 3.31. The summed E-state index contributed by atoms with van der Waals surface area (Å²) in [5.41, 5.74) is 0.903. The lowest BCUT2D eigenvalue weighted by atomic mass is 10.2. The fourth-order valence-electron chi connectivity index (χ4n) is 1.68. The van der Waals surface area contributed by atoms with Crippen LogP contribution in [0, 0.1) is 11.3 Å². The molecule has 0 unspecified atom stereocenters. The van der Waals surface area contributed by atoms with Crippen molar-refractivity contribution >= 4 is 23.2 Å². The number of carbonyl (C=O) groups excluding carboxylic acids is 1. The van der Waals surface area contributed by atoms with E-state index in [4.69, 9.17) is 16.9 Å². The second-order valence-electron chi connectivity index (χ2n) is 3.92. The Balaban J connectivity index is 2.29. The Morgan fingerprint density at radius 2 is 2.00 bits per heavy atom. The molecule has 1 heterocycles. The number of anilines is 1. The number of hydrogen-bond donors (Lipinski definition) is 0. The van der Waals surface area contributed by atoms with Crippen LogP contribution in [-0.2, 0) is 0 Å². The monoisotopic (exact) mass is 286 g/mol. The number of aromatic nitrogens is 2. The number of hydrogen-bond acceptors (Lipinski definition) is 4. The summed E-state index contributed by atoms with van der Waals surface area (Å²) in [7, 11) is 0. The van der Waals surface area contributed by atoms with Gasteiger partial charge in [-0.15, -0.1) is 0 Å². The summed E-state index contributed by atoms with van der Waals surface area (Å²) in [6.45, 7) is 0.295. The molecule has 0 aliphatic carbocycles. The quantitative estimate of drug-likeness (QED) is 0.866. The first-order chi connectivity index (χ1) is 9.72. The molecule has 2 aromatic rings. The molecule has 0 bridgehead atoms. The van der Waals surface area contributed by atoms with Crippen LogP contribution in [0.3, 0.4) is 0 Å². The Bertz CT molecular complexity index is 622. The molecule has 0 saturated carbocycles. The number of carbonyl (C=O) groups is 1. The predicted octanol–water partition coefficient (Wildman–Crippen LogP) is 2.69. The van der Waals surface area contributed by atoms with Gasteiger partial charge in [-0.25, -0.2) is 9.97 Å². The minimum absolute atomic E-state index is 0.191. The standard InChI is InChI=1S/C14H11ClN4O/c15-13-10-17-12(9-18-13)14(20)19(8-4-7-16)11-5-2-1-3-6-11/h1-3,5-6,9-10H,4,8H2. The molecule has 0 N–H and O–H groups in total. The van der Waals surface area contributed by atoms with Gasteiger partial charge in [-0.1, -0.05) is 29.8 Å². The highest BCUT2D eigenvalue weighted by Crippen LogP contribution is 2.16. The van der Waals surface area contributed by atoms with Crippen LogP contribution in [0.15, 0.2) is 42.7 Å². The van der Waals surface area contributed by atoms with Crippen LogP contribution in [0.2, 0.25) is 5.15 Å². The number of rotatable bonds is 4. The fourth-order valence-corrected chi connectivity index (χ4v) is 1.78. The molecule has 0 atom stereocenters. The van der Waals surface area contributed by atoms with Gasteiger partial charge in [0.2, 0.25) is 0 Å². The highest BCUT2D eigenvalue weighted by atomic mass is 35.5. The lowest BCUT2D eigenvalue weighted by Crippen LogP contribution is -2.32. The van der Waals surface area contributed by atoms with Gasteiger partial charge < -0.3 is 4.90 Å². The van der Waals surface area contributed by atoms with Gasteiger partial charge in [-0.2, -0.15) is 5.26 Å². The molecule has 1 aromatic heterocycles. The third-order valence-electron chi connectivity index (χ3n) is 2.60. The minimum atomic E-state index is -0.310. The van der Waals surface area contributed by atoms with Crippen LogP contribution < -0.4 is 4.90 Å². The van der Waals surface area contributed by atoms with Crippen LogP contribution >= 0.6 is 11.6 Å². The van der Waals surface area contributed by atoms with Gasteiger partial charge in [-0.3, -0.25) is 4.79 Å². The first-order valence-electron chi connectivity index (χ1n) is 5.94. The van der Waals surface area contributed by atoms with Crippen molar-refractivity contribution in [3.05, 3.63) is 53.6 Å². The zero-order valence-electron chi connectivity index (χ0n) is 10.5. The smallest absolute Gasteiger partial charge is 0.278 e. The van der Waals surface area contributed by atoms with Crippen molar-refractivity contribution in [1.29, 1.82) is 5.26 Å². The normalized spacial score (nSPS) is 9.80. The lowest BCUT2D eigenvalue weighted by Gasteiger charge is -2.21. The van der Waals surface area contributed by atoms with E-state index in [-0.39, 0.29) is 23.2 Å². The van der Waals surface area contributed by atoms with Gasteiger partial charge in [0.25, 0.3) is 5.91 Å². The Morgan fingerprint density at radius 1 is 1.25 bits per heavy atom. The fraction of sp³-hybridized carbons (Fsp3) is 0.143. The van der Waals surface area contributed by atoms with E-state index in [1.54, 1.807) is 12.1 Å². The summed E-state index contributed by atoms with van der Waals surface area (Å²) in [5, 5.41) is 8.94. The largest absolute Gasteiger partial charge is 0.306 e. The van der Waals surface area contributed by atoms with Crippen molar-refractivity contribution in [2.45, 2.75) is 6.42 Å². The SMILES string of the molecule is N#CCCN(C(=O)c1cnc(Cl)cn1)c1ccccc1. The maximum Gasteiger partial charge on any atom is 0.278 e. The summed E-state index contributed by atoms with van der Waals surface area (Å²) < 4.78 is 0. The lowest BCUT2D eigenvalue weighted by molar-refractivity contribution is 0.0982. The zero-order chi connectivity index (χ0) is 14.4. The van der Waals surface area contributed by atoms with Crippen molar-refractivity contribution < 1.29 is 4.79 Å². The van der Waals surface area contributed by atoms with Crippen LogP contribution in [0.5, 0.6) is 0 Å². The molecule has 1 amide bonds. The Labute approximate surface area is 121 Å². The van der Waals surface area contributed by atoms with E-state index < -0.39 is 0 Å². The second-order valence-corrected chi connectivity index (χ2v) is 4.31. The maximum atomic E-state index is 12.4. The van der Waals surface area contributed by atoms with Gasteiger partial charge in [0.1, 0.15) is 10.8 Å². The number of para-hydroxylation sites is 1. The van der Waals surface area contributed by atoms with E-state index in [1.807, 2.05) is 24.3 Å². The first-order valence-corrected chi connectivity index (χ1v) is 6.31. The summed E-state index contributed by atoms with van der Waals surface area (Å²) in [4.78, 5) is 21.7. The Kier molecular flexibility index (Phi) is 4.64. The average molecular weight is 287 g/mol. The molecule has 0 aliphatic rings. The van der Waals surface area contributed by atoms with Gasteiger partial charge in [-0.05, 0) is 12.1 Å². The number of nitriles is 1. The first kappa shape index (κ1) is 14.0. The van der Waals surface area contributed by atoms with Crippen LogP contribution in [0.25, 0.3) is 0 Å². The number of nitrogens with zero attached hydrogens (tertiary/aromatic N) is 4. The van der Waals surface area contributed by atoms with E-state index in [9.17, 15) is 4.79 Å². The molecule has 20 heavy (non-hydrogen) atoms. The van der Waals surface area contributed by atoms with E-state index in [0.29, 0.717) is 12.2 Å². The van der Waals surface area contributed by atoms with Gasteiger partial charge in [0, 0.05) is 12.2 Å². The van der Waals surface area contributed by atoms with Crippen LogP contribution in [0.4, 0.5) is 5.69 Å². The summed E-state index contributed by atoms with van der Waals surface area (Å²) in [6, 6.07) is 11.2. The molecule has 0 aliphatic heterocycles. The van der Waals surface area contributed by atoms with Gasteiger partial charge in [0.05, 0.1) is 24.9 Å².